The Bertz CT molecular complexity index is 324. The molecule has 0 aliphatic heterocycles. The Morgan fingerprint density at radius 2 is 2.07 bits per heavy atom. The number of methoxy groups -OCH3 is 1. The van der Waals surface area contributed by atoms with Crippen molar-refractivity contribution in [1.29, 1.82) is 0 Å². The molecule has 1 unspecified atom stereocenters. The molecule has 78 valence electrons. The van der Waals surface area contributed by atoms with Gasteiger partial charge in [-0.15, -0.1) is 0 Å². The first-order chi connectivity index (χ1) is 6.54. The van der Waals surface area contributed by atoms with E-state index in [2.05, 4.69) is 4.74 Å². The van der Waals surface area contributed by atoms with Gasteiger partial charge in [-0.2, -0.15) is 0 Å². The highest BCUT2D eigenvalue weighted by Gasteiger charge is 2.12. The molecule has 0 heterocycles. The van der Waals surface area contributed by atoms with Crippen molar-refractivity contribution in [2.45, 2.75) is 19.4 Å². The zero-order valence-corrected chi connectivity index (χ0v) is 8.05. The summed E-state index contributed by atoms with van der Waals surface area (Å²) in [6.07, 6.45) is -0.643. The number of hydrogen-bond acceptors (Lipinski definition) is 2. The number of aliphatic hydroxyl groups excluding tert-OH is 1. The summed E-state index contributed by atoms with van der Waals surface area (Å²) in [5.74, 6) is -1.32. The van der Waals surface area contributed by atoms with Crippen LogP contribution in [0.2, 0.25) is 0 Å². The smallest absolute Gasteiger partial charge is 0.168 e. The molecule has 0 aliphatic carbocycles. The van der Waals surface area contributed by atoms with Gasteiger partial charge in [0.15, 0.2) is 11.6 Å². The van der Waals surface area contributed by atoms with Gasteiger partial charge in [-0.1, -0.05) is 0 Å². The lowest BCUT2D eigenvalue weighted by Crippen LogP contribution is -2.07. The number of rotatable bonds is 3. The van der Waals surface area contributed by atoms with E-state index in [4.69, 9.17) is 5.11 Å². The maximum absolute atomic E-state index is 13.4. The van der Waals surface area contributed by atoms with Gasteiger partial charge in [0.1, 0.15) is 5.82 Å². The molecular weight excluding hydrogens is 190 g/mol. The van der Waals surface area contributed by atoms with Crippen LogP contribution < -0.4 is 4.74 Å². The van der Waals surface area contributed by atoms with Crippen LogP contribution in [0.4, 0.5) is 8.78 Å². The van der Waals surface area contributed by atoms with Crippen LogP contribution in [0.5, 0.6) is 5.75 Å². The summed E-state index contributed by atoms with van der Waals surface area (Å²) in [5.41, 5.74) is 0.122. The van der Waals surface area contributed by atoms with Crippen molar-refractivity contribution in [3.8, 4) is 5.75 Å². The molecule has 0 aromatic heterocycles. The fourth-order valence-corrected chi connectivity index (χ4v) is 1.23. The molecule has 0 aliphatic rings. The number of ether oxygens (including phenoxy) is 1. The predicted molar refractivity (Wildman–Crippen MR) is 48.3 cm³/mol. The van der Waals surface area contributed by atoms with E-state index >= 15 is 0 Å². The lowest BCUT2D eigenvalue weighted by atomic mass is 10.1. The Morgan fingerprint density at radius 3 is 2.57 bits per heavy atom. The van der Waals surface area contributed by atoms with Gasteiger partial charge in [0.2, 0.25) is 0 Å². The zero-order valence-electron chi connectivity index (χ0n) is 8.05. The van der Waals surface area contributed by atoms with E-state index in [1.54, 1.807) is 0 Å². The average Bonchev–Trinajstić information content (AvgIpc) is 2.09. The molecule has 2 nitrogen and oxygen atoms in total. The minimum absolute atomic E-state index is 0.0694. The first-order valence-electron chi connectivity index (χ1n) is 4.24. The molecule has 1 atom stereocenters. The van der Waals surface area contributed by atoms with Gasteiger partial charge in [-0.05, 0) is 18.6 Å². The van der Waals surface area contributed by atoms with Crippen molar-refractivity contribution in [3.05, 3.63) is 29.3 Å². The summed E-state index contributed by atoms with van der Waals surface area (Å²) in [4.78, 5) is 0. The highest BCUT2D eigenvalue weighted by molar-refractivity contribution is 5.32. The number of halogens is 2. The van der Waals surface area contributed by atoms with Crippen molar-refractivity contribution in [2.24, 2.45) is 0 Å². The first kappa shape index (κ1) is 10.9. The van der Waals surface area contributed by atoms with Crippen LogP contribution in [-0.4, -0.2) is 18.3 Å². The van der Waals surface area contributed by atoms with Crippen LogP contribution in [0.25, 0.3) is 0 Å². The summed E-state index contributed by atoms with van der Waals surface area (Å²) < 4.78 is 31.0. The topological polar surface area (TPSA) is 29.5 Å². The molecule has 1 aromatic rings. The third-order valence-corrected chi connectivity index (χ3v) is 1.81. The molecule has 0 fully saturated rings. The quantitative estimate of drug-likeness (QED) is 0.811. The predicted octanol–water partition coefficient (Wildman–Crippen LogP) is 1.90. The highest BCUT2D eigenvalue weighted by atomic mass is 19.1. The summed E-state index contributed by atoms with van der Waals surface area (Å²) in [6, 6.07) is 2.03. The van der Waals surface area contributed by atoms with Crippen LogP contribution in [0.3, 0.4) is 0 Å². The van der Waals surface area contributed by atoms with Gasteiger partial charge in [0.05, 0.1) is 13.2 Å². The van der Waals surface area contributed by atoms with Gasteiger partial charge < -0.3 is 9.84 Å². The molecule has 0 saturated heterocycles. The van der Waals surface area contributed by atoms with E-state index in [0.717, 1.165) is 12.1 Å². The van der Waals surface area contributed by atoms with Crippen LogP contribution in [-0.2, 0) is 6.42 Å². The Morgan fingerprint density at radius 1 is 1.43 bits per heavy atom. The van der Waals surface area contributed by atoms with Gasteiger partial charge in [0, 0.05) is 12.5 Å². The normalized spacial score (nSPS) is 12.6. The van der Waals surface area contributed by atoms with E-state index in [1.807, 2.05) is 0 Å². The Balaban J connectivity index is 3.08. The van der Waals surface area contributed by atoms with E-state index in [9.17, 15) is 8.78 Å². The molecule has 1 rings (SSSR count). The summed E-state index contributed by atoms with van der Waals surface area (Å²) in [7, 11) is 1.27. The van der Waals surface area contributed by atoms with Crippen molar-refractivity contribution in [2.75, 3.05) is 7.11 Å². The van der Waals surface area contributed by atoms with Gasteiger partial charge in [-0.3, -0.25) is 0 Å². The fourth-order valence-electron chi connectivity index (χ4n) is 1.23. The molecule has 14 heavy (non-hydrogen) atoms. The second-order valence-electron chi connectivity index (χ2n) is 3.13. The summed E-state index contributed by atoms with van der Waals surface area (Å²) in [5, 5.41) is 9.05. The molecule has 0 radical (unpaired) electrons. The van der Waals surface area contributed by atoms with Gasteiger partial charge in [-0.25, -0.2) is 8.78 Å². The SMILES string of the molecule is COc1cc(F)cc(CC(C)O)c1F. The van der Waals surface area contributed by atoms with Crippen LogP contribution in [0.1, 0.15) is 12.5 Å². The third kappa shape index (κ3) is 2.42. The lowest BCUT2D eigenvalue weighted by molar-refractivity contribution is 0.193. The van der Waals surface area contributed by atoms with Crippen molar-refractivity contribution in [3.63, 3.8) is 0 Å². The number of aliphatic hydroxyl groups is 1. The standard InChI is InChI=1S/C10H12F2O2/c1-6(13)3-7-4-8(11)5-9(14-2)10(7)12/h4-6,13H,3H2,1-2H3. The Labute approximate surface area is 81.1 Å². The van der Waals surface area contributed by atoms with Crippen LogP contribution >= 0.6 is 0 Å². The second-order valence-corrected chi connectivity index (χ2v) is 3.13. The Kier molecular flexibility index (Phi) is 3.41. The van der Waals surface area contributed by atoms with E-state index < -0.39 is 17.7 Å². The lowest BCUT2D eigenvalue weighted by Gasteiger charge is -2.09. The third-order valence-electron chi connectivity index (χ3n) is 1.81. The van der Waals surface area contributed by atoms with Crippen molar-refractivity contribution in [1.82, 2.24) is 0 Å². The van der Waals surface area contributed by atoms with Crippen LogP contribution in [0, 0.1) is 11.6 Å². The monoisotopic (exact) mass is 202 g/mol. The minimum atomic E-state index is -0.712. The molecule has 1 N–H and O–H groups in total. The molecular formula is C10H12F2O2. The fraction of sp³-hybridized carbons (Fsp3) is 0.400. The summed E-state index contributed by atoms with van der Waals surface area (Å²) >= 11 is 0. The molecule has 0 saturated carbocycles. The summed E-state index contributed by atoms with van der Waals surface area (Å²) in [6.45, 7) is 1.51. The van der Waals surface area contributed by atoms with Crippen molar-refractivity contribution < 1.29 is 18.6 Å². The van der Waals surface area contributed by atoms with Gasteiger partial charge in [0.25, 0.3) is 0 Å². The van der Waals surface area contributed by atoms with Crippen LogP contribution in [0.15, 0.2) is 12.1 Å². The molecule has 1 aromatic carbocycles. The minimum Gasteiger partial charge on any atom is -0.494 e. The highest BCUT2D eigenvalue weighted by Crippen LogP contribution is 2.23. The second kappa shape index (κ2) is 4.37. The zero-order chi connectivity index (χ0) is 10.7. The first-order valence-corrected chi connectivity index (χ1v) is 4.24. The molecule has 4 heteroatoms. The molecule has 0 spiro atoms. The van der Waals surface area contributed by atoms with E-state index in [1.165, 1.54) is 14.0 Å². The van der Waals surface area contributed by atoms with Crippen molar-refractivity contribution >= 4 is 0 Å². The van der Waals surface area contributed by atoms with Gasteiger partial charge >= 0.3 is 0 Å². The maximum atomic E-state index is 13.4. The average molecular weight is 202 g/mol. The number of hydrogen-bond donors (Lipinski definition) is 1. The largest absolute Gasteiger partial charge is 0.494 e. The molecule has 0 amide bonds. The number of benzene rings is 1. The molecule has 0 bridgehead atoms. The van der Waals surface area contributed by atoms with E-state index in [0.29, 0.717) is 0 Å². The van der Waals surface area contributed by atoms with E-state index in [-0.39, 0.29) is 17.7 Å². The maximum Gasteiger partial charge on any atom is 0.168 e. The Hall–Kier alpha value is -1.16.